The molecule has 1 heterocycles. The van der Waals surface area contributed by atoms with Crippen LogP contribution in [-0.2, 0) is 4.79 Å². The first-order chi connectivity index (χ1) is 6.34. The predicted octanol–water partition coefficient (Wildman–Crippen LogP) is 0.997. The lowest BCUT2D eigenvalue weighted by molar-refractivity contribution is -0.109. The molecular formula is C10H20N2O. The Hall–Kier alpha value is -0.570. The molecule has 0 radical (unpaired) electrons. The third-order valence-corrected chi connectivity index (χ3v) is 2.79. The molecule has 76 valence electrons. The van der Waals surface area contributed by atoms with E-state index in [0.717, 1.165) is 32.0 Å². The Morgan fingerprint density at radius 3 is 3.08 bits per heavy atom. The van der Waals surface area contributed by atoms with Gasteiger partial charge in [0.1, 0.15) is 0 Å². The molecule has 0 aromatic rings. The molecule has 0 bridgehead atoms. The Labute approximate surface area is 80.5 Å². The first kappa shape index (κ1) is 10.5. The molecule has 1 atom stereocenters. The maximum atomic E-state index is 10.00. The fourth-order valence-corrected chi connectivity index (χ4v) is 1.93. The van der Waals surface area contributed by atoms with Crippen LogP contribution in [0.25, 0.3) is 0 Å². The van der Waals surface area contributed by atoms with Crippen LogP contribution in [0.5, 0.6) is 0 Å². The first-order valence-electron chi connectivity index (χ1n) is 5.25. The number of hydrogen-bond acceptors (Lipinski definition) is 2. The number of carbonyl (C=O) groups excluding carboxylic acids is 1. The van der Waals surface area contributed by atoms with Crippen LogP contribution in [-0.4, -0.2) is 37.0 Å². The lowest BCUT2D eigenvalue weighted by Crippen LogP contribution is -2.38. The standard InChI is InChI=1S/C10H20N2O/c1-10-5-2-3-7-12(10)8-4-6-11-9-13/h9-10H,2-8H2,1H3,(H,11,13). The van der Waals surface area contributed by atoms with E-state index in [1.165, 1.54) is 25.8 Å². The summed E-state index contributed by atoms with van der Waals surface area (Å²) >= 11 is 0. The zero-order valence-corrected chi connectivity index (χ0v) is 8.46. The van der Waals surface area contributed by atoms with Gasteiger partial charge in [-0.05, 0) is 32.7 Å². The number of nitrogens with zero attached hydrogens (tertiary/aromatic N) is 1. The molecule has 1 N–H and O–H groups in total. The van der Waals surface area contributed by atoms with Crippen LogP contribution in [0.1, 0.15) is 32.6 Å². The number of rotatable bonds is 5. The van der Waals surface area contributed by atoms with Crippen molar-refractivity contribution in [3.63, 3.8) is 0 Å². The van der Waals surface area contributed by atoms with E-state index in [2.05, 4.69) is 17.1 Å². The van der Waals surface area contributed by atoms with Gasteiger partial charge in [-0.3, -0.25) is 4.79 Å². The van der Waals surface area contributed by atoms with Gasteiger partial charge in [-0.1, -0.05) is 6.42 Å². The van der Waals surface area contributed by atoms with Crippen LogP contribution in [0.15, 0.2) is 0 Å². The molecule has 3 heteroatoms. The summed E-state index contributed by atoms with van der Waals surface area (Å²) < 4.78 is 0. The number of nitrogens with one attached hydrogen (secondary N) is 1. The summed E-state index contributed by atoms with van der Waals surface area (Å²) in [7, 11) is 0. The third-order valence-electron chi connectivity index (χ3n) is 2.79. The minimum atomic E-state index is 0.741. The molecule has 1 saturated heterocycles. The molecule has 0 aliphatic carbocycles. The van der Waals surface area contributed by atoms with E-state index >= 15 is 0 Å². The molecule has 1 aliphatic heterocycles. The molecule has 1 aliphatic rings. The molecule has 0 spiro atoms. The predicted molar refractivity (Wildman–Crippen MR) is 53.6 cm³/mol. The fraction of sp³-hybridized carbons (Fsp3) is 0.900. The van der Waals surface area contributed by atoms with E-state index in [1.54, 1.807) is 0 Å². The van der Waals surface area contributed by atoms with Crippen molar-refractivity contribution in [2.75, 3.05) is 19.6 Å². The Morgan fingerprint density at radius 1 is 1.54 bits per heavy atom. The van der Waals surface area contributed by atoms with E-state index in [4.69, 9.17) is 0 Å². The van der Waals surface area contributed by atoms with Crippen molar-refractivity contribution in [2.45, 2.75) is 38.6 Å². The molecule has 0 aromatic carbocycles. The van der Waals surface area contributed by atoms with E-state index in [1.807, 2.05) is 0 Å². The molecule has 1 amide bonds. The smallest absolute Gasteiger partial charge is 0.207 e. The van der Waals surface area contributed by atoms with Crippen LogP contribution in [0, 0.1) is 0 Å². The topological polar surface area (TPSA) is 32.3 Å². The van der Waals surface area contributed by atoms with Gasteiger partial charge in [0.15, 0.2) is 0 Å². The average molecular weight is 184 g/mol. The van der Waals surface area contributed by atoms with Crippen molar-refractivity contribution in [3.05, 3.63) is 0 Å². The Morgan fingerprint density at radius 2 is 2.38 bits per heavy atom. The second-order valence-corrected chi connectivity index (χ2v) is 3.81. The van der Waals surface area contributed by atoms with Crippen molar-refractivity contribution in [3.8, 4) is 0 Å². The van der Waals surface area contributed by atoms with Gasteiger partial charge in [-0.15, -0.1) is 0 Å². The van der Waals surface area contributed by atoms with Crippen molar-refractivity contribution < 1.29 is 4.79 Å². The van der Waals surface area contributed by atoms with Crippen LogP contribution in [0.2, 0.25) is 0 Å². The zero-order valence-electron chi connectivity index (χ0n) is 8.46. The summed E-state index contributed by atoms with van der Waals surface area (Å²) in [6.45, 7) is 5.48. The number of likely N-dealkylation sites (tertiary alicyclic amines) is 1. The highest BCUT2D eigenvalue weighted by Crippen LogP contribution is 2.15. The van der Waals surface area contributed by atoms with Gasteiger partial charge in [-0.2, -0.15) is 0 Å². The largest absolute Gasteiger partial charge is 0.359 e. The molecule has 13 heavy (non-hydrogen) atoms. The van der Waals surface area contributed by atoms with Gasteiger partial charge < -0.3 is 10.2 Å². The van der Waals surface area contributed by atoms with Crippen LogP contribution < -0.4 is 5.32 Å². The van der Waals surface area contributed by atoms with Crippen molar-refractivity contribution in [1.29, 1.82) is 0 Å². The van der Waals surface area contributed by atoms with E-state index in [0.29, 0.717) is 0 Å². The van der Waals surface area contributed by atoms with Gasteiger partial charge in [0, 0.05) is 19.1 Å². The quantitative estimate of drug-likeness (QED) is 0.510. The van der Waals surface area contributed by atoms with E-state index in [9.17, 15) is 4.79 Å². The lowest BCUT2D eigenvalue weighted by Gasteiger charge is -2.33. The molecule has 1 unspecified atom stereocenters. The monoisotopic (exact) mass is 184 g/mol. The number of piperidine rings is 1. The second kappa shape index (κ2) is 5.97. The lowest BCUT2D eigenvalue weighted by atomic mass is 10.0. The number of amides is 1. The Kier molecular flexibility index (Phi) is 4.83. The highest BCUT2D eigenvalue weighted by Gasteiger charge is 2.16. The summed E-state index contributed by atoms with van der Waals surface area (Å²) in [4.78, 5) is 12.5. The van der Waals surface area contributed by atoms with Crippen LogP contribution in [0.3, 0.4) is 0 Å². The van der Waals surface area contributed by atoms with Crippen molar-refractivity contribution in [2.24, 2.45) is 0 Å². The fourth-order valence-electron chi connectivity index (χ4n) is 1.93. The van der Waals surface area contributed by atoms with Crippen molar-refractivity contribution >= 4 is 6.41 Å². The van der Waals surface area contributed by atoms with Crippen molar-refractivity contribution in [1.82, 2.24) is 10.2 Å². The van der Waals surface area contributed by atoms with Gasteiger partial charge in [0.2, 0.25) is 6.41 Å². The Bertz CT molecular complexity index is 150. The van der Waals surface area contributed by atoms with Crippen LogP contribution in [0.4, 0.5) is 0 Å². The summed E-state index contributed by atoms with van der Waals surface area (Å²) in [6.07, 6.45) is 5.90. The first-order valence-corrected chi connectivity index (χ1v) is 5.25. The normalized spacial score (nSPS) is 24.2. The highest BCUT2D eigenvalue weighted by molar-refractivity contribution is 5.45. The average Bonchev–Trinajstić information content (AvgIpc) is 2.15. The number of carbonyl (C=O) groups is 1. The molecule has 3 nitrogen and oxygen atoms in total. The molecule has 1 rings (SSSR count). The Balaban J connectivity index is 2.08. The van der Waals surface area contributed by atoms with E-state index < -0.39 is 0 Å². The molecular weight excluding hydrogens is 164 g/mol. The van der Waals surface area contributed by atoms with Gasteiger partial charge in [0.25, 0.3) is 0 Å². The SMILES string of the molecule is CC1CCCCN1CCCNC=O. The highest BCUT2D eigenvalue weighted by atomic mass is 16.1. The summed E-state index contributed by atoms with van der Waals surface area (Å²) in [5.41, 5.74) is 0. The van der Waals surface area contributed by atoms with Gasteiger partial charge in [0.05, 0.1) is 0 Å². The third kappa shape index (κ3) is 3.77. The zero-order chi connectivity index (χ0) is 9.52. The minimum Gasteiger partial charge on any atom is -0.359 e. The molecule has 0 aromatic heterocycles. The minimum absolute atomic E-state index is 0.741. The van der Waals surface area contributed by atoms with E-state index in [-0.39, 0.29) is 0 Å². The summed E-state index contributed by atoms with van der Waals surface area (Å²) in [6, 6.07) is 0.741. The summed E-state index contributed by atoms with van der Waals surface area (Å²) in [5.74, 6) is 0. The summed E-state index contributed by atoms with van der Waals surface area (Å²) in [5, 5.41) is 2.70. The second-order valence-electron chi connectivity index (χ2n) is 3.81. The molecule has 0 saturated carbocycles. The number of hydrogen-bond donors (Lipinski definition) is 1. The van der Waals surface area contributed by atoms with Crippen LogP contribution >= 0.6 is 0 Å². The molecule has 1 fully saturated rings. The van der Waals surface area contributed by atoms with Gasteiger partial charge in [-0.25, -0.2) is 0 Å². The maximum absolute atomic E-state index is 10.00. The van der Waals surface area contributed by atoms with Gasteiger partial charge >= 0.3 is 0 Å². The maximum Gasteiger partial charge on any atom is 0.207 e.